The summed E-state index contributed by atoms with van der Waals surface area (Å²) in [6.07, 6.45) is 1.66. The van der Waals surface area contributed by atoms with Crippen molar-refractivity contribution >= 4 is 11.6 Å². The molecule has 0 fully saturated rings. The van der Waals surface area contributed by atoms with Gasteiger partial charge in [-0.3, -0.25) is 4.79 Å². The molecule has 0 aliphatic rings. The SMILES string of the molecule is Cc1ccccc1-c1coc(-c2cccc(NC(=O)c3ccccc3)c2)n1. The number of nitrogens with zero attached hydrogens (tertiary/aromatic N) is 1. The number of rotatable bonds is 4. The van der Waals surface area contributed by atoms with E-state index in [0.29, 0.717) is 17.1 Å². The lowest BCUT2D eigenvalue weighted by molar-refractivity contribution is 0.102. The molecule has 3 aromatic carbocycles. The summed E-state index contributed by atoms with van der Waals surface area (Å²) in [7, 11) is 0. The molecule has 0 unspecified atom stereocenters. The van der Waals surface area contributed by atoms with E-state index in [1.54, 1.807) is 18.4 Å². The molecule has 0 saturated heterocycles. The number of hydrogen-bond acceptors (Lipinski definition) is 3. The van der Waals surface area contributed by atoms with Crippen LogP contribution >= 0.6 is 0 Å². The van der Waals surface area contributed by atoms with Gasteiger partial charge in [-0.1, -0.05) is 48.5 Å². The fourth-order valence-electron chi connectivity index (χ4n) is 2.91. The molecular formula is C23H18N2O2. The van der Waals surface area contributed by atoms with Crippen molar-refractivity contribution in [2.24, 2.45) is 0 Å². The maximum Gasteiger partial charge on any atom is 0.255 e. The maximum atomic E-state index is 12.3. The van der Waals surface area contributed by atoms with Crippen molar-refractivity contribution in [3.05, 3.63) is 96.3 Å². The van der Waals surface area contributed by atoms with E-state index in [4.69, 9.17) is 4.42 Å². The number of aryl methyl sites for hydroxylation is 1. The number of hydrogen-bond donors (Lipinski definition) is 1. The van der Waals surface area contributed by atoms with E-state index in [9.17, 15) is 4.79 Å². The number of nitrogens with one attached hydrogen (secondary N) is 1. The van der Waals surface area contributed by atoms with Crippen molar-refractivity contribution in [3.8, 4) is 22.7 Å². The summed E-state index contributed by atoms with van der Waals surface area (Å²) in [5.74, 6) is 0.366. The number of carbonyl (C=O) groups excluding carboxylic acids is 1. The molecule has 0 bridgehead atoms. The lowest BCUT2D eigenvalue weighted by atomic mass is 10.1. The van der Waals surface area contributed by atoms with Crippen LogP contribution in [0.4, 0.5) is 5.69 Å². The van der Waals surface area contributed by atoms with Crippen molar-refractivity contribution in [2.75, 3.05) is 5.32 Å². The van der Waals surface area contributed by atoms with Crippen molar-refractivity contribution in [1.82, 2.24) is 4.98 Å². The molecule has 4 rings (SSSR count). The first kappa shape index (κ1) is 16.8. The molecule has 4 heteroatoms. The van der Waals surface area contributed by atoms with Crippen LogP contribution in [0.3, 0.4) is 0 Å². The molecule has 1 heterocycles. The van der Waals surface area contributed by atoms with Crippen molar-refractivity contribution < 1.29 is 9.21 Å². The van der Waals surface area contributed by atoms with Gasteiger partial charge in [-0.2, -0.15) is 0 Å². The molecular weight excluding hydrogens is 336 g/mol. The molecule has 132 valence electrons. The van der Waals surface area contributed by atoms with Gasteiger partial charge in [0.1, 0.15) is 12.0 Å². The third-order valence-corrected chi connectivity index (χ3v) is 4.33. The van der Waals surface area contributed by atoms with Crippen LogP contribution in [0.15, 0.2) is 89.5 Å². The van der Waals surface area contributed by atoms with E-state index >= 15 is 0 Å². The number of amides is 1. The van der Waals surface area contributed by atoms with E-state index in [1.165, 1.54) is 0 Å². The zero-order valence-corrected chi connectivity index (χ0v) is 14.8. The Labute approximate surface area is 157 Å². The van der Waals surface area contributed by atoms with Gasteiger partial charge in [0.25, 0.3) is 5.91 Å². The van der Waals surface area contributed by atoms with Gasteiger partial charge in [0.05, 0.1) is 0 Å². The smallest absolute Gasteiger partial charge is 0.255 e. The summed E-state index contributed by atoms with van der Waals surface area (Å²) in [6.45, 7) is 2.05. The highest BCUT2D eigenvalue weighted by atomic mass is 16.3. The Morgan fingerprint density at radius 1 is 0.926 bits per heavy atom. The van der Waals surface area contributed by atoms with Crippen molar-refractivity contribution in [1.29, 1.82) is 0 Å². The van der Waals surface area contributed by atoms with Gasteiger partial charge in [0.15, 0.2) is 0 Å². The van der Waals surface area contributed by atoms with Gasteiger partial charge >= 0.3 is 0 Å². The number of carbonyl (C=O) groups is 1. The lowest BCUT2D eigenvalue weighted by Crippen LogP contribution is -2.11. The molecule has 0 aliphatic carbocycles. The third kappa shape index (κ3) is 3.65. The second-order valence-corrected chi connectivity index (χ2v) is 6.25. The van der Waals surface area contributed by atoms with E-state index < -0.39 is 0 Å². The van der Waals surface area contributed by atoms with Crippen molar-refractivity contribution in [2.45, 2.75) is 6.92 Å². The molecule has 0 spiro atoms. The summed E-state index contributed by atoms with van der Waals surface area (Å²) in [4.78, 5) is 16.9. The second-order valence-electron chi connectivity index (χ2n) is 6.25. The second kappa shape index (κ2) is 7.30. The van der Waals surface area contributed by atoms with Crippen LogP contribution in [0.1, 0.15) is 15.9 Å². The first-order valence-electron chi connectivity index (χ1n) is 8.69. The van der Waals surface area contributed by atoms with Gasteiger partial charge in [-0.05, 0) is 42.8 Å². The van der Waals surface area contributed by atoms with Crippen LogP contribution in [-0.2, 0) is 0 Å². The molecule has 0 atom stereocenters. The Bertz CT molecular complexity index is 1080. The summed E-state index contributed by atoms with van der Waals surface area (Å²) in [6, 6.07) is 24.6. The third-order valence-electron chi connectivity index (χ3n) is 4.33. The first-order chi connectivity index (χ1) is 13.2. The Balaban J connectivity index is 1.58. The highest BCUT2D eigenvalue weighted by Gasteiger charge is 2.11. The Kier molecular flexibility index (Phi) is 4.54. The zero-order valence-electron chi connectivity index (χ0n) is 14.8. The van der Waals surface area contributed by atoms with E-state index in [1.807, 2.05) is 73.7 Å². The lowest BCUT2D eigenvalue weighted by Gasteiger charge is -2.06. The highest BCUT2D eigenvalue weighted by molar-refractivity contribution is 6.04. The molecule has 0 aliphatic heterocycles. The minimum Gasteiger partial charge on any atom is -0.444 e. The van der Waals surface area contributed by atoms with Crippen LogP contribution in [-0.4, -0.2) is 10.9 Å². The molecule has 1 N–H and O–H groups in total. The molecule has 1 amide bonds. The average molecular weight is 354 g/mol. The standard InChI is InChI=1S/C23H18N2O2/c1-16-8-5-6-13-20(16)21-15-27-23(25-21)18-11-7-12-19(14-18)24-22(26)17-9-3-2-4-10-17/h2-15H,1H3,(H,24,26). The van der Waals surface area contributed by atoms with Crippen LogP contribution in [0.5, 0.6) is 0 Å². The van der Waals surface area contributed by atoms with Crippen molar-refractivity contribution in [3.63, 3.8) is 0 Å². The summed E-state index contributed by atoms with van der Waals surface area (Å²) in [5, 5.41) is 2.91. The van der Waals surface area contributed by atoms with Crippen LogP contribution in [0.25, 0.3) is 22.7 Å². The molecule has 0 radical (unpaired) electrons. The predicted octanol–water partition coefficient (Wildman–Crippen LogP) is 5.57. The number of oxazole rings is 1. The summed E-state index contributed by atoms with van der Waals surface area (Å²) >= 11 is 0. The monoisotopic (exact) mass is 354 g/mol. The minimum atomic E-state index is -0.152. The minimum absolute atomic E-state index is 0.152. The molecule has 4 nitrogen and oxygen atoms in total. The summed E-state index contributed by atoms with van der Waals surface area (Å²) in [5.41, 5.74) is 5.09. The molecule has 4 aromatic rings. The Morgan fingerprint density at radius 2 is 1.70 bits per heavy atom. The normalized spacial score (nSPS) is 10.6. The molecule has 1 aromatic heterocycles. The topological polar surface area (TPSA) is 55.1 Å². The largest absolute Gasteiger partial charge is 0.444 e. The van der Waals surface area contributed by atoms with Gasteiger partial charge in [-0.25, -0.2) is 4.98 Å². The number of aromatic nitrogens is 1. The highest BCUT2D eigenvalue weighted by Crippen LogP contribution is 2.28. The fraction of sp³-hybridized carbons (Fsp3) is 0.0435. The zero-order chi connectivity index (χ0) is 18.6. The van der Waals surface area contributed by atoms with Crippen LogP contribution in [0, 0.1) is 6.92 Å². The molecule has 0 saturated carbocycles. The molecule has 27 heavy (non-hydrogen) atoms. The Morgan fingerprint density at radius 3 is 2.52 bits per heavy atom. The van der Waals surface area contributed by atoms with Gasteiger partial charge in [0.2, 0.25) is 5.89 Å². The predicted molar refractivity (Wildman–Crippen MR) is 107 cm³/mol. The van der Waals surface area contributed by atoms with Crippen LogP contribution < -0.4 is 5.32 Å². The average Bonchev–Trinajstić information content (AvgIpc) is 3.19. The Hall–Kier alpha value is -3.66. The maximum absolute atomic E-state index is 12.3. The quantitative estimate of drug-likeness (QED) is 0.521. The van der Waals surface area contributed by atoms with E-state index in [0.717, 1.165) is 22.4 Å². The van der Waals surface area contributed by atoms with E-state index in [-0.39, 0.29) is 5.91 Å². The van der Waals surface area contributed by atoms with Crippen LogP contribution in [0.2, 0.25) is 0 Å². The fourth-order valence-corrected chi connectivity index (χ4v) is 2.91. The van der Waals surface area contributed by atoms with E-state index in [2.05, 4.69) is 10.3 Å². The van der Waals surface area contributed by atoms with Gasteiger partial charge in [-0.15, -0.1) is 0 Å². The first-order valence-corrected chi connectivity index (χ1v) is 8.69. The number of anilines is 1. The van der Waals surface area contributed by atoms with Gasteiger partial charge < -0.3 is 9.73 Å². The van der Waals surface area contributed by atoms with Gasteiger partial charge in [0, 0.05) is 22.4 Å². The summed E-state index contributed by atoms with van der Waals surface area (Å²) < 4.78 is 5.68. The number of benzene rings is 3.